The first kappa shape index (κ1) is 30.9. The van der Waals surface area contributed by atoms with Crippen molar-refractivity contribution in [2.75, 3.05) is 13.1 Å². The van der Waals surface area contributed by atoms with Gasteiger partial charge in [-0.2, -0.15) is 26.3 Å². The third kappa shape index (κ3) is 8.70. The summed E-state index contributed by atoms with van der Waals surface area (Å²) >= 11 is 0. The van der Waals surface area contributed by atoms with Crippen LogP contribution in [0.1, 0.15) is 39.3 Å². The minimum atomic E-state index is -5.21. The van der Waals surface area contributed by atoms with Gasteiger partial charge in [0.05, 0.1) is 23.6 Å². The number of rotatable bonds is 8. The smallest absolute Gasteiger partial charge is 0.352 e. The number of hydrogen-bond donors (Lipinski definition) is 2. The molecule has 3 rings (SSSR count). The number of halogens is 7. The fraction of sp³-hybridized carbons (Fsp3) is 0.200. The van der Waals surface area contributed by atoms with Gasteiger partial charge in [0.1, 0.15) is 5.82 Å². The van der Waals surface area contributed by atoms with Gasteiger partial charge in [-0.15, -0.1) is 0 Å². The lowest BCUT2D eigenvalue weighted by Gasteiger charge is -2.22. The monoisotopic (exact) mass is 576 g/mol. The van der Waals surface area contributed by atoms with E-state index in [9.17, 15) is 40.3 Å². The third-order valence-corrected chi connectivity index (χ3v) is 5.87. The second-order valence-corrected chi connectivity index (χ2v) is 8.75. The molecule has 11 heteroatoms. The molecule has 0 radical (unpaired) electrons. The van der Waals surface area contributed by atoms with Crippen LogP contribution in [0.25, 0.3) is 0 Å². The largest absolute Gasteiger partial charge is 0.416 e. The lowest BCUT2D eigenvalue weighted by molar-refractivity contribution is -0.143. The van der Waals surface area contributed by atoms with Crippen LogP contribution in [0.5, 0.6) is 0 Å². The van der Waals surface area contributed by atoms with Gasteiger partial charge in [-0.3, -0.25) is 9.59 Å². The first-order chi connectivity index (χ1) is 19.3. The van der Waals surface area contributed by atoms with Crippen LogP contribution in [0.15, 0.2) is 79.4 Å². The average Bonchev–Trinajstić information content (AvgIpc) is 2.91. The molecule has 0 saturated carbocycles. The highest BCUT2D eigenvalue weighted by molar-refractivity contribution is 5.88. The normalized spacial score (nSPS) is 12.1. The Bertz CT molecular complexity index is 1470. The van der Waals surface area contributed by atoms with E-state index < -0.39 is 46.7 Å². The van der Waals surface area contributed by atoms with Crippen LogP contribution >= 0.6 is 0 Å². The Labute approximate surface area is 231 Å². The van der Waals surface area contributed by atoms with Crippen molar-refractivity contribution in [3.05, 3.63) is 119 Å². The number of benzene rings is 3. The summed E-state index contributed by atoms with van der Waals surface area (Å²) in [4.78, 5) is 24.4. The SMILES string of the molecule is C=CC(=O)NCCc1cccc(C#CCNC(=O)C(c2ccc(F)cc2)c2ccc(C(F)(F)F)cc2C(F)(F)F)c1. The Hall–Kier alpha value is -4.59. The Morgan fingerprint density at radius 1 is 0.902 bits per heavy atom. The summed E-state index contributed by atoms with van der Waals surface area (Å²) in [7, 11) is 0. The number of carbonyl (C=O) groups excluding carboxylic acids is 2. The maximum atomic E-state index is 13.9. The van der Waals surface area contributed by atoms with E-state index in [1.165, 1.54) is 0 Å². The first-order valence-corrected chi connectivity index (χ1v) is 12.1. The third-order valence-electron chi connectivity index (χ3n) is 5.87. The van der Waals surface area contributed by atoms with Gasteiger partial charge in [-0.05, 0) is 65.6 Å². The maximum Gasteiger partial charge on any atom is 0.416 e. The zero-order chi connectivity index (χ0) is 30.2. The van der Waals surface area contributed by atoms with Crippen LogP contribution in [0, 0.1) is 17.7 Å². The molecule has 41 heavy (non-hydrogen) atoms. The zero-order valence-electron chi connectivity index (χ0n) is 21.3. The molecule has 0 aliphatic heterocycles. The van der Waals surface area contributed by atoms with Gasteiger partial charge >= 0.3 is 12.4 Å². The lowest BCUT2D eigenvalue weighted by atomic mass is 9.86. The summed E-state index contributed by atoms with van der Waals surface area (Å²) in [5, 5.41) is 5.04. The quantitative estimate of drug-likeness (QED) is 0.196. The molecule has 0 saturated heterocycles. The molecule has 0 bridgehead atoms. The highest BCUT2D eigenvalue weighted by Crippen LogP contribution is 2.41. The second kappa shape index (κ2) is 13.2. The molecule has 0 spiro atoms. The summed E-state index contributed by atoms with van der Waals surface area (Å²) in [6, 6.07) is 12.1. The molecule has 1 unspecified atom stereocenters. The minimum absolute atomic E-state index is 0.0469. The van der Waals surface area contributed by atoms with Crippen LogP contribution in [0.3, 0.4) is 0 Å². The molecule has 3 aromatic rings. The van der Waals surface area contributed by atoms with Crippen LogP contribution in [0.2, 0.25) is 0 Å². The van der Waals surface area contributed by atoms with Crippen LogP contribution in [0.4, 0.5) is 30.7 Å². The van der Waals surface area contributed by atoms with E-state index in [2.05, 4.69) is 29.1 Å². The van der Waals surface area contributed by atoms with Gasteiger partial charge in [0, 0.05) is 12.1 Å². The summed E-state index contributed by atoms with van der Waals surface area (Å²) in [5.74, 6) is 1.80. The van der Waals surface area contributed by atoms with E-state index in [0.717, 1.165) is 35.9 Å². The Morgan fingerprint density at radius 3 is 2.24 bits per heavy atom. The predicted molar refractivity (Wildman–Crippen MR) is 138 cm³/mol. The molecule has 0 fully saturated rings. The van der Waals surface area contributed by atoms with Crippen molar-refractivity contribution in [3.8, 4) is 11.8 Å². The summed E-state index contributed by atoms with van der Waals surface area (Å²) in [6.45, 7) is 3.44. The second-order valence-electron chi connectivity index (χ2n) is 8.75. The van der Waals surface area contributed by atoms with Gasteiger partial charge in [0.15, 0.2) is 0 Å². The van der Waals surface area contributed by atoms with E-state index in [1.54, 1.807) is 18.2 Å². The highest BCUT2D eigenvalue weighted by atomic mass is 19.4. The Balaban J connectivity index is 1.85. The molecule has 2 amide bonds. The van der Waals surface area contributed by atoms with Crippen molar-refractivity contribution >= 4 is 11.8 Å². The zero-order valence-corrected chi connectivity index (χ0v) is 21.3. The molecule has 0 aliphatic rings. The van der Waals surface area contributed by atoms with Crippen molar-refractivity contribution in [1.82, 2.24) is 10.6 Å². The number of carbonyl (C=O) groups is 2. The molecule has 0 aliphatic carbocycles. The van der Waals surface area contributed by atoms with E-state index in [4.69, 9.17) is 0 Å². The minimum Gasteiger partial charge on any atom is -0.352 e. The molecular formula is C30H23F7N2O2. The first-order valence-electron chi connectivity index (χ1n) is 12.1. The van der Waals surface area contributed by atoms with Crippen LogP contribution in [-0.4, -0.2) is 24.9 Å². The van der Waals surface area contributed by atoms with Gasteiger partial charge in [-0.25, -0.2) is 4.39 Å². The number of nitrogens with one attached hydrogen (secondary N) is 2. The lowest BCUT2D eigenvalue weighted by Crippen LogP contribution is -2.31. The fourth-order valence-corrected chi connectivity index (χ4v) is 3.94. The molecular weight excluding hydrogens is 553 g/mol. The van der Waals surface area contributed by atoms with Crippen molar-refractivity contribution in [2.24, 2.45) is 0 Å². The van der Waals surface area contributed by atoms with E-state index in [0.29, 0.717) is 30.7 Å². The van der Waals surface area contributed by atoms with E-state index in [-0.39, 0.29) is 24.1 Å². The summed E-state index contributed by atoms with van der Waals surface area (Å²) < 4.78 is 94.7. The van der Waals surface area contributed by atoms with Crippen LogP contribution < -0.4 is 10.6 Å². The summed E-state index contributed by atoms with van der Waals surface area (Å²) in [5.41, 5.74) is -2.50. The molecule has 4 nitrogen and oxygen atoms in total. The van der Waals surface area contributed by atoms with Crippen LogP contribution in [-0.2, 0) is 28.4 Å². The predicted octanol–water partition coefficient (Wildman–Crippen LogP) is 6.01. The van der Waals surface area contributed by atoms with E-state index in [1.807, 2.05) is 6.07 Å². The Kier molecular flexibility index (Phi) is 9.94. The van der Waals surface area contributed by atoms with Gasteiger partial charge in [-0.1, -0.05) is 48.8 Å². The molecule has 214 valence electrons. The van der Waals surface area contributed by atoms with Gasteiger partial charge < -0.3 is 10.6 Å². The van der Waals surface area contributed by atoms with Crippen molar-refractivity contribution in [2.45, 2.75) is 24.7 Å². The molecule has 0 aromatic heterocycles. The average molecular weight is 577 g/mol. The van der Waals surface area contributed by atoms with Crippen molar-refractivity contribution < 1.29 is 40.3 Å². The maximum absolute atomic E-state index is 13.9. The topological polar surface area (TPSA) is 58.2 Å². The molecule has 0 heterocycles. The summed E-state index contributed by atoms with van der Waals surface area (Å²) in [6.07, 6.45) is -8.59. The van der Waals surface area contributed by atoms with Crippen molar-refractivity contribution in [1.29, 1.82) is 0 Å². The highest BCUT2D eigenvalue weighted by Gasteiger charge is 2.41. The number of alkyl halides is 6. The molecule has 3 aromatic carbocycles. The number of amides is 2. The van der Waals surface area contributed by atoms with Gasteiger partial charge in [0.2, 0.25) is 11.8 Å². The van der Waals surface area contributed by atoms with Gasteiger partial charge in [0.25, 0.3) is 0 Å². The fourth-order valence-electron chi connectivity index (χ4n) is 3.94. The Morgan fingerprint density at radius 2 is 1.61 bits per heavy atom. The van der Waals surface area contributed by atoms with Crippen molar-refractivity contribution in [3.63, 3.8) is 0 Å². The number of hydrogen-bond acceptors (Lipinski definition) is 2. The molecule has 1 atom stereocenters. The standard InChI is InChI=1S/C30H23F7N2O2/c1-2-26(40)38-16-14-20-6-3-5-19(17-20)7-4-15-39-28(41)27(21-8-11-23(31)12-9-21)24-13-10-22(29(32,33)34)18-25(24)30(35,36)37/h2-3,5-6,8-13,17-18,27H,1,14-16H2,(H,38,40)(H,39,41). The van der Waals surface area contributed by atoms with E-state index >= 15 is 0 Å². The molecule has 2 N–H and O–H groups in total.